The lowest BCUT2D eigenvalue weighted by Gasteiger charge is -2.10. The number of nitrogens with two attached hydrogens (primary N) is 1. The van der Waals surface area contributed by atoms with Crippen molar-refractivity contribution < 1.29 is 13.2 Å². The summed E-state index contributed by atoms with van der Waals surface area (Å²) in [5.41, 5.74) is 4.32. The summed E-state index contributed by atoms with van der Waals surface area (Å²) in [5, 5.41) is 0.211. The number of hydrogen-bond acceptors (Lipinski definition) is 2. The van der Waals surface area contributed by atoms with Crippen LogP contribution < -0.4 is 5.73 Å². The monoisotopic (exact) mass is 254 g/mol. The number of halogens is 4. The fourth-order valence-corrected chi connectivity index (χ4v) is 1.32. The van der Waals surface area contributed by atoms with Crippen LogP contribution in [0.1, 0.15) is 11.3 Å². The Kier molecular flexibility index (Phi) is 2.80. The van der Waals surface area contributed by atoms with E-state index in [4.69, 9.17) is 5.73 Å². The summed E-state index contributed by atoms with van der Waals surface area (Å²) in [5.74, 6) is 0. The first kappa shape index (κ1) is 10.3. The van der Waals surface area contributed by atoms with Crippen LogP contribution in [0.25, 0.3) is 0 Å². The molecule has 0 fully saturated rings. The van der Waals surface area contributed by atoms with Gasteiger partial charge in [-0.1, -0.05) is 15.9 Å². The first-order valence-corrected chi connectivity index (χ1v) is 4.45. The van der Waals surface area contributed by atoms with Crippen molar-refractivity contribution in [3.8, 4) is 0 Å². The van der Waals surface area contributed by atoms with Crippen LogP contribution in [0.4, 0.5) is 18.9 Å². The quantitative estimate of drug-likeness (QED) is 0.783. The first-order chi connectivity index (χ1) is 5.96. The number of aromatic nitrogens is 1. The maximum atomic E-state index is 12.2. The van der Waals surface area contributed by atoms with E-state index in [1.807, 2.05) is 0 Å². The van der Waals surface area contributed by atoms with E-state index in [-0.39, 0.29) is 16.7 Å². The van der Waals surface area contributed by atoms with Crippen LogP contribution >= 0.6 is 15.9 Å². The molecule has 1 heterocycles. The van der Waals surface area contributed by atoms with E-state index in [0.717, 1.165) is 12.3 Å². The molecule has 72 valence electrons. The Balaban J connectivity index is 3.24. The second-order valence-electron chi connectivity index (χ2n) is 2.35. The molecule has 0 radical (unpaired) electrons. The largest absolute Gasteiger partial charge is 0.418 e. The molecule has 2 N–H and O–H groups in total. The second kappa shape index (κ2) is 3.53. The fraction of sp³-hybridized carbons (Fsp3) is 0.286. The Bertz CT molecular complexity index is 311. The van der Waals surface area contributed by atoms with Gasteiger partial charge in [-0.2, -0.15) is 13.2 Å². The lowest BCUT2D eigenvalue weighted by molar-refractivity contribution is -0.137. The fourth-order valence-electron chi connectivity index (χ4n) is 0.870. The zero-order valence-corrected chi connectivity index (χ0v) is 7.98. The van der Waals surface area contributed by atoms with Gasteiger partial charge >= 0.3 is 6.18 Å². The Morgan fingerprint density at radius 3 is 2.54 bits per heavy atom. The van der Waals surface area contributed by atoms with E-state index >= 15 is 0 Å². The number of nitrogens with zero attached hydrogens (tertiary/aromatic N) is 1. The predicted molar refractivity (Wildman–Crippen MR) is 46.3 cm³/mol. The molecule has 2 nitrogen and oxygen atoms in total. The average Bonchev–Trinajstić information content (AvgIpc) is 2.02. The molecule has 1 rings (SSSR count). The molecule has 0 aliphatic rings. The lowest BCUT2D eigenvalue weighted by Crippen LogP contribution is -2.11. The highest BCUT2D eigenvalue weighted by molar-refractivity contribution is 9.08. The molecule has 13 heavy (non-hydrogen) atoms. The van der Waals surface area contributed by atoms with E-state index < -0.39 is 11.7 Å². The summed E-state index contributed by atoms with van der Waals surface area (Å²) >= 11 is 3.00. The van der Waals surface area contributed by atoms with Crippen molar-refractivity contribution >= 4 is 21.6 Å². The molecule has 0 aromatic carbocycles. The molecule has 0 amide bonds. The highest BCUT2D eigenvalue weighted by Gasteiger charge is 2.33. The van der Waals surface area contributed by atoms with Crippen molar-refractivity contribution in [1.29, 1.82) is 0 Å². The third kappa shape index (κ3) is 2.12. The number of anilines is 1. The third-order valence-electron chi connectivity index (χ3n) is 1.50. The van der Waals surface area contributed by atoms with Crippen molar-refractivity contribution in [1.82, 2.24) is 4.98 Å². The molecule has 0 aliphatic heterocycles. The SMILES string of the molecule is Nc1c(C(F)(F)F)ccnc1CBr. The van der Waals surface area contributed by atoms with Gasteiger partial charge in [0.15, 0.2) is 0 Å². The van der Waals surface area contributed by atoms with Crippen LogP contribution in [0.15, 0.2) is 12.3 Å². The van der Waals surface area contributed by atoms with Crippen molar-refractivity contribution in [2.75, 3.05) is 5.73 Å². The van der Waals surface area contributed by atoms with E-state index in [1.54, 1.807) is 0 Å². The maximum Gasteiger partial charge on any atom is 0.418 e. The minimum absolute atomic E-state index is 0.204. The van der Waals surface area contributed by atoms with E-state index in [0.29, 0.717) is 0 Å². The molecule has 0 aliphatic carbocycles. The molecular weight excluding hydrogens is 249 g/mol. The molecular formula is C7H6BrF3N2. The van der Waals surface area contributed by atoms with Gasteiger partial charge in [0, 0.05) is 11.5 Å². The number of alkyl halides is 4. The van der Waals surface area contributed by atoms with E-state index in [2.05, 4.69) is 20.9 Å². The normalized spacial score (nSPS) is 11.7. The van der Waals surface area contributed by atoms with Gasteiger partial charge in [0.25, 0.3) is 0 Å². The van der Waals surface area contributed by atoms with Gasteiger partial charge < -0.3 is 5.73 Å². The first-order valence-electron chi connectivity index (χ1n) is 3.33. The van der Waals surface area contributed by atoms with Gasteiger partial charge in [0.05, 0.1) is 16.9 Å². The Morgan fingerprint density at radius 2 is 2.08 bits per heavy atom. The van der Waals surface area contributed by atoms with Crippen LogP contribution in [0.3, 0.4) is 0 Å². The molecule has 1 aromatic heterocycles. The van der Waals surface area contributed by atoms with Crippen molar-refractivity contribution in [3.05, 3.63) is 23.5 Å². The summed E-state index contributed by atoms with van der Waals surface area (Å²) in [6.45, 7) is 0. The van der Waals surface area contributed by atoms with Crippen molar-refractivity contribution in [2.24, 2.45) is 0 Å². The van der Waals surface area contributed by atoms with E-state index in [9.17, 15) is 13.2 Å². The number of hydrogen-bond donors (Lipinski definition) is 1. The third-order valence-corrected chi connectivity index (χ3v) is 2.04. The van der Waals surface area contributed by atoms with Crippen LogP contribution in [0, 0.1) is 0 Å². The number of pyridine rings is 1. The van der Waals surface area contributed by atoms with Gasteiger partial charge in [-0.05, 0) is 6.07 Å². The van der Waals surface area contributed by atoms with Crippen LogP contribution in [0.2, 0.25) is 0 Å². The summed E-state index contributed by atoms with van der Waals surface area (Å²) in [6, 6.07) is 0.863. The zero-order valence-electron chi connectivity index (χ0n) is 6.40. The number of rotatable bonds is 1. The molecule has 0 bridgehead atoms. The maximum absolute atomic E-state index is 12.2. The Labute approximate surface area is 81.1 Å². The van der Waals surface area contributed by atoms with Gasteiger partial charge in [-0.25, -0.2) is 0 Å². The molecule has 0 atom stereocenters. The minimum atomic E-state index is -4.41. The summed E-state index contributed by atoms with van der Waals surface area (Å²) in [4.78, 5) is 3.70. The molecule has 1 aromatic rings. The molecule has 0 saturated heterocycles. The molecule has 0 unspecified atom stereocenters. The Morgan fingerprint density at radius 1 is 1.46 bits per heavy atom. The summed E-state index contributed by atoms with van der Waals surface area (Å²) < 4.78 is 36.7. The average molecular weight is 255 g/mol. The standard InChI is InChI=1S/C7H6BrF3N2/c8-3-5-6(12)4(1-2-13-5)7(9,10)11/h1-2H,3,12H2. The van der Waals surface area contributed by atoms with Crippen molar-refractivity contribution in [3.63, 3.8) is 0 Å². The minimum Gasteiger partial charge on any atom is -0.397 e. The smallest absolute Gasteiger partial charge is 0.397 e. The molecule has 0 saturated carbocycles. The topological polar surface area (TPSA) is 38.9 Å². The highest BCUT2D eigenvalue weighted by atomic mass is 79.9. The highest BCUT2D eigenvalue weighted by Crippen LogP contribution is 2.34. The second-order valence-corrected chi connectivity index (χ2v) is 2.91. The molecule has 6 heteroatoms. The van der Waals surface area contributed by atoms with Gasteiger partial charge in [-0.3, -0.25) is 4.98 Å². The van der Waals surface area contributed by atoms with Crippen molar-refractivity contribution in [2.45, 2.75) is 11.5 Å². The summed E-state index contributed by atoms with van der Waals surface area (Å²) in [7, 11) is 0. The molecule has 0 spiro atoms. The van der Waals surface area contributed by atoms with Gasteiger partial charge in [0.1, 0.15) is 0 Å². The number of nitrogen functional groups attached to an aromatic ring is 1. The van der Waals surface area contributed by atoms with E-state index in [1.165, 1.54) is 0 Å². The lowest BCUT2D eigenvalue weighted by atomic mass is 10.2. The van der Waals surface area contributed by atoms with Gasteiger partial charge in [-0.15, -0.1) is 0 Å². The predicted octanol–water partition coefficient (Wildman–Crippen LogP) is 2.58. The van der Waals surface area contributed by atoms with Crippen LogP contribution in [0.5, 0.6) is 0 Å². The van der Waals surface area contributed by atoms with Crippen LogP contribution in [-0.2, 0) is 11.5 Å². The zero-order chi connectivity index (χ0) is 10.1. The van der Waals surface area contributed by atoms with Crippen LogP contribution in [-0.4, -0.2) is 4.98 Å². The summed E-state index contributed by atoms with van der Waals surface area (Å²) in [6.07, 6.45) is -3.32. The van der Waals surface area contributed by atoms with Gasteiger partial charge in [0.2, 0.25) is 0 Å². The Hall–Kier alpha value is -0.780.